The average Bonchev–Trinajstić information content (AvgIpc) is 2.41. The van der Waals surface area contributed by atoms with E-state index < -0.39 is 0 Å². The molecule has 1 heterocycles. The van der Waals surface area contributed by atoms with Crippen LogP contribution in [0, 0.1) is 0 Å². The van der Waals surface area contributed by atoms with Crippen molar-refractivity contribution in [1.82, 2.24) is 10.2 Å². The van der Waals surface area contributed by atoms with Gasteiger partial charge >= 0.3 is 0 Å². The average molecular weight is 217 g/mol. The van der Waals surface area contributed by atoms with E-state index in [0.29, 0.717) is 6.04 Å². The molecule has 0 radical (unpaired) electrons. The molecule has 0 amide bonds. The Morgan fingerprint density at radius 2 is 2.43 bits per heavy atom. The molecule has 2 nitrogen and oxygen atoms in total. The van der Waals surface area contributed by atoms with Crippen LogP contribution in [0.4, 0.5) is 0 Å². The molecule has 0 aromatic carbocycles. The Kier molecular flexibility index (Phi) is 6.24. The summed E-state index contributed by atoms with van der Waals surface area (Å²) in [6.45, 7) is 6.75. The summed E-state index contributed by atoms with van der Waals surface area (Å²) >= 11 is 5.54. The molecule has 0 aromatic heterocycles. The van der Waals surface area contributed by atoms with Crippen LogP contribution in [-0.4, -0.2) is 37.1 Å². The molecule has 1 fully saturated rings. The molecular formula is C11H21ClN2. The van der Waals surface area contributed by atoms with Crippen LogP contribution in [0.25, 0.3) is 0 Å². The largest absolute Gasteiger partial charge is 0.313 e. The van der Waals surface area contributed by atoms with Gasteiger partial charge in [0.05, 0.1) is 0 Å². The van der Waals surface area contributed by atoms with Crippen molar-refractivity contribution in [2.75, 3.05) is 26.2 Å². The first kappa shape index (κ1) is 12.0. The number of rotatable bonds is 4. The Morgan fingerprint density at radius 3 is 3.14 bits per heavy atom. The van der Waals surface area contributed by atoms with E-state index in [1.54, 1.807) is 5.54 Å². The van der Waals surface area contributed by atoms with Crippen LogP contribution in [0.1, 0.15) is 26.2 Å². The molecule has 3 heteroatoms. The number of halogens is 1. The minimum Gasteiger partial charge on any atom is -0.313 e. The van der Waals surface area contributed by atoms with Gasteiger partial charge in [0.2, 0.25) is 0 Å². The Labute approximate surface area is 92.3 Å². The molecule has 1 N–H and O–H groups in total. The van der Waals surface area contributed by atoms with Crippen molar-refractivity contribution < 1.29 is 0 Å². The normalized spacial score (nSPS) is 25.4. The summed E-state index contributed by atoms with van der Waals surface area (Å²) in [5, 5.41) is 3.59. The molecular weight excluding hydrogens is 196 g/mol. The van der Waals surface area contributed by atoms with Gasteiger partial charge in [0.25, 0.3) is 0 Å². The van der Waals surface area contributed by atoms with Crippen LogP contribution in [0.15, 0.2) is 11.6 Å². The fourth-order valence-corrected chi connectivity index (χ4v) is 2.05. The highest BCUT2D eigenvalue weighted by Gasteiger charge is 2.15. The van der Waals surface area contributed by atoms with Crippen molar-refractivity contribution in [3.8, 4) is 0 Å². The van der Waals surface area contributed by atoms with Crippen LogP contribution in [0.5, 0.6) is 0 Å². The lowest BCUT2D eigenvalue weighted by molar-refractivity contribution is 0.288. The minimum absolute atomic E-state index is 0.672. The van der Waals surface area contributed by atoms with Crippen LogP contribution >= 0.6 is 11.6 Å². The summed E-state index contributed by atoms with van der Waals surface area (Å²) in [4.78, 5) is 2.47. The zero-order valence-corrected chi connectivity index (χ0v) is 9.76. The molecule has 1 saturated heterocycles. The molecule has 0 aliphatic carbocycles. The molecule has 0 spiro atoms. The number of hydrogen-bond donors (Lipinski definition) is 1. The van der Waals surface area contributed by atoms with E-state index in [0.717, 1.165) is 19.6 Å². The second kappa shape index (κ2) is 7.27. The Balaban J connectivity index is 2.34. The Bertz CT molecular complexity index is 171. The summed E-state index contributed by atoms with van der Waals surface area (Å²) in [5.41, 5.74) is 1.62. The summed E-state index contributed by atoms with van der Waals surface area (Å²) in [7, 11) is 0. The third kappa shape index (κ3) is 4.45. The molecule has 1 atom stereocenters. The molecule has 1 rings (SSSR count). The van der Waals surface area contributed by atoms with Gasteiger partial charge in [-0.2, -0.15) is 0 Å². The van der Waals surface area contributed by atoms with Crippen molar-refractivity contribution in [2.24, 2.45) is 0 Å². The van der Waals surface area contributed by atoms with Gasteiger partial charge in [-0.15, -0.1) is 0 Å². The van der Waals surface area contributed by atoms with Gasteiger partial charge in [-0.05, 0) is 25.9 Å². The van der Waals surface area contributed by atoms with Crippen LogP contribution < -0.4 is 5.32 Å². The van der Waals surface area contributed by atoms with Crippen molar-refractivity contribution in [1.29, 1.82) is 0 Å². The van der Waals surface area contributed by atoms with E-state index in [4.69, 9.17) is 11.6 Å². The molecule has 14 heavy (non-hydrogen) atoms. The smallest absolute Gasteiger partial charge is 0.0195 e. The molecule has 0 bridgehead atoms. The second-order valence-corrected chi connectivity index (χ2v) is 4.17. The van der Waals surface area contributed by atoms with E-state index in [1.807, 2.05) is 6.08 Å². The quantitative estimate of drug-likeness (QED) is 0.775. The molecule has 1 unspecified atom stereocenters. The van der Waals surface area contributed by atoms with E-state index in [9.17, 15) is 0 Å². The lowest BCUT2D eigenvalue weighted by atomic mass is 10.1. The second-order valence-electron chi connectivity index (χ2n) is 3.91. The van der Waals surface area contributed by atoms with Crippen LogP contribution in [0.3, 0.4) is 0 Å². The topological polar surface area (TPSA) is 15.3 Å². The maximum absolute atomic E-state index is 5.54. The third-order valence-corrected chi connectivity index (χ3v) is 2.83. The van der Waals surface area contributed by atoms with Crippen LogP contribution in [-0.2, 0) is 0 Å². The first-order chi connectivity index (χ1) is 6.86. The summed E-state index contributed by atoms with van der Waals surface area (Å²) in [6, 6.07) is 0.672. The fraction of sp³-hybridized carbons (Fsp3) is 0.818. The van der Waals surface area contributed by atoms with Crippen molar-refractivity contribution in [2.45, 2.75) is 32.2 Å². The monoisotopic (exact) mass is 216 g/mol. The first-order valence-electron chi connectivity index (χ1n) is 5.57. The highest BCUT2D eigenvalue weighted by Crippen LogP contribution is 2.05. The highest BCUT2D eigenvalue weighted by molar-refractivity contribution is 6.25. The number of nitrogens with one attached hydrogen (secondary N) is 1. The van der Waals surface area contributed by atoms with Gasteiger partial charge in [-0.1, -0.05) is 31.0 Å². The first-order valence-corrected chi connectivity index (χ1v) is 6.01. The van der Waals surface area contributed by atoms with Gasteiger partial charge in [0, 0.05) is 24.7 Å². The number of hydrogen-bond acceptors (Lipinski definition) is 2. The zero-order valence-electron chi connectivity index (χ0n) is 9.01. The molecule has 0 aromatic rings. The van der Waals surface area contributed by atoms with E-state index in [-0.39, 0.29) is 0 Å². The standard InChI is InChI=1S/C11H21ClN2/c1-2-5-11-10-14(8-3-6-12)9-4-7-13-11/h3,6,11,13H,2,4-5,7-10H2,1H3/b6-3+. The van der Waals surface area contributed by atoms with Crippen molar-refractivity contribution in [3.05, 3.63) is 11.6 Å². The fourth-order valence-electron chi connectivity index (χ4n) is 1.97. The van der Waals surface area contributed by atoms with Crippen molar-refractivity contribution in [3.63, 3.8) is 0 Å². The Morgan fingerprint density at radius 1 is 1.57 bits per heavy atom. The molecule has 1 aliphatic rings. The van der Waals surface area contributed by atoms with Gasteiger partial charge in [-0.25, -0.2) is 0 Å². The lowest BCUT2D eigenvalue weighted by Crippen LogP contribution is -2.37. The predicted molar refractivity (Wildman–Crippen MR) is 62.7 cm³/mol. The minimum atomic E-state index is 0.672. The summed E-state index contributed by atoms with van der Waals surface area (Å²) in [6.07, 6.45) is 5.81. The van der Waals surface area contributed by atoms with Gasteiger partial charge in [0.1, 0.15) is 0 Å². The maximum Gasteiger partial charge on any atom is 0.0195 e. The van der Waals surface area contributed by atoms with E-state index in [2.05, 4.69) is 17.1 Å². The molecule has 0 saturated carbocycles. The van der Waals surface area contributed by atoms with Gasteiger partial charge in [-0.3, -0.25) is 4.90 Å². The van der Waals surface area contributed by atoms with Crippen molar-refractivity contribution >= 4 is 11.6 Å². The Hall–Kier alpha value is -0.0500. The molecule has 82 valence electrons. The maximum atomic E-state index is 5.54. The highest BCUT2D eigenvalue weighted by atomic mass is 35.5. The SMILES string of the molecule is CCCC1CN(C/C=C/Cl)CCCN1. The summed E-state index contributed by atoms with van der Waals surface area (Å²) < 4.78 is 0. The van der Waals surface area contributed by atoms with Gasteiger partial charge < -0.3 is 5.32 Å². The summed E-state index contributed by atoms with van der Waals surface area (Å²) in [5.74, 6) is 0. The van der Waals surface area contributed by atoms with E-state index >= 15 is 0 Å². The van der Waals surface area contributed by atoms with Gasteiger partial charge in [0.15, 0.2) is 0 Å². The van der Waals surface area contributed by atoms with E-state index in [1.165, 1.54) is 25.8 Å². The predicted octanol–water partition coefficient (Wildman–Crippen LogP) is 2.20. The zero-order chi connectivity index (χ0) is 10.2. The van der Waals surface area contributed by atoms with Crippen LogP contribution in [0.2, 0.25) is 0 Å². The third-order valence-electron chi connectivity index (χ3n) is 2.65. The lowest BCUT2D eigenvalue weighted by Gasteiger charge is -2.22. The molecule has 1 aliphatic heterocycles. The number of nitrogens with zero attached hydrogens (tertiary/aromatic N) is 1.